The van der Waals surface area contributed by atoms with Gasteiger partial charge in [0, 0.05) is 5.69 Å². The van der Waals surface area contributed by atoms with Crippen LogP contribution in [0.4, 0.5) is 11.6 Å². The third kappa shape index (κ3) is 3.89. The van der Waals surface area contributed by atoms with Crippen molar-refractivity contribution in [2.75, 3.05) is 17.2 Å². The van der Waals surface area contributed by atoms with E-state index in [9.17, 15) is 14.4 Å². The first-order valence-electron chi connectivity index (χ1n) is 9.91. The molecule has 0 bridgehead atoms. The van der Waals surface area contributed by atoms with E-state index in [1.54, 1.807) is 28.8 Å². The number of amides is 2. The number of benzene rings is 2. The fourth-order valence-corrected chi connectivity index (χ4v) is 3.41. The average Bonchev–Trinajstić information content (AvgIpc) is 3.24. The summed E-state index contributed by atoms with van der Waals surface area (Å²) in [5, 5.41) is 5.50. The lowest BCUT2D eigenvalue weighted by Gasteiger charge is -2.12. The summed E-state index contributed by atoms with van der Waals surface area (Å²) in [6.45, 7) is 2.42. The standard InChI is InChI=1S/C22H22N4O4/c1-2-3-12-30-21(29)14-8-10-15(11-9-14)23-19(27)13-18-20(28)25-22-24-16-6-4-5-7-17(16)26(18)22/h4-11,18H,2-3,12-13H2,1H3,(H,23,27)(H,24,25,28). The molecule has 4 rings (SSSR count). The quantitative estimate of drug-likeness (QED) is 0.462. The maximum Gasteiger partial charge on any atom is 0.338 e. The number of hydrogen-bond acceptors (Lipinski definition) is 5. The Morgan fingerprint density at radius 1 is 1.17 bits per heavy atom. The normalized spacial score (nSPS) is 15.0. The summed E-state index contributed by atoms with van der Waals surface area (Å²) >= 11 is 0. The molecule has 0 radical (unpaired) electrons. The Kier molecular flexibility index (Phi) is 5.47. The Labute approximate surface area is 173 Å². The molecule has 2 N–H and O–H groups in total. The van der Waals surface area contributed by atoms with Crippen molar-refractivity contribution in [3.8, 4) is 0 Å². The van der Waals surface area contributed by atoms with E-state index < -0.39 is 6.04 Å². The number of anilines is 2. The number of aromatic nitrogens is 2. The van der Waals surface area contributed by atoms with Crippen molar-refractivity contribution in [2.45, 2.75) is 32.2 Å². The van der Waals surface area contributed by atoms with E-state index in [2.05, 4.69) is 15.6 Å². The van der Waals surface area contributed by atoms with E-state index in [1.807, 2.05) is 31.2 Å². The second-order valence-electron chi connectivity index (χ2n) is 7.12. The van der Waals surface area contributed by atoms with Crippen LogP contribution in [0.5, 0.6) is 0 Å². The van der Waals surface area contributed by atoms with Gasteiger partial charge in [0.15, 0.2) is 0 Å². The molecule has 0 saturated heterocycles. The number of para-hydroxylation sites is 2. The van der Waals surface area contributed by atoms with Crippen LogP contribution in [-0.4, -0.2) is 33.9 Å². The van der Waals surface area contributed by atoms with Gasteiger partial charge in [-0.1, -0.05) is 25.5 Å². The van der Waals surface area contributed by atoms with Crippen LogP contribution in [0.25, 0.3) is 11.0 Å². The van der Waals surface area contributed by atoms with Crippen LogP contribution in [-0.2, 0) is 14.3 Å². The first-order valence-corrected chi connectivity index (χ1v) is 9.91. The molecule has 2 heterocycles. The summed E-state index contributed by atoms with van der Waals surface area (Å²) in [4.78, 5) is 41.3. The summed E-state index contributed by atoms with van der Waals surface area (Å²) in [6.07, 6.45) is 1.75. The smallest absolute Gasteiger partial charge is 0.338 e. The van der Waals surface area contributed by atoms with E-state index in [0.717, 1.165) is 23.9 Å². The number of esters is 1. The minimum Gasteiger partial charge on any atom is -0.462 e. The van der Waals surface area contributed by atoms with Crippen molar-refractivity contribution >= 4 is 40.5 Å². The van der Waals surface area contributed by atoms with Crippen LogP contribution in [0, 0.1) is 0 Å². The van der Waals surface area contributed by atoms with Gasteiger partial charge in [-0.2, -0.15) is 0 Å². The lowest BCUT2D eigenvalue weighted by molar-refractivity contribution is -0.123. The van der Waals surface area contributed by atoms with E-state index in [0.29, 0.717) is 23.8 Å². The third-order valence-electron chi connectivity index (χ3n) is 4.96. The topological polar surface area (TPSA) is 102 Å². The summed E-state index contributed by atoms with van der Waals surface area (Å²) in [5.41, 5.74) is 2.53. The van der Waals surface area contributed by atoms with Crippen molar-refractivity contribution < 1.29 is 19.1 Å². The Morgan fingerprint density at radius 3 is 2.70 bits per heavy atom. The number of unbranched alkanes of at least 4 members (excludes halogenated alkanes) is 1. The maximum absolute atomic E-state index is 12.6. The molecule has 0 saturated carbocycles. The van der Waals surface area contributed by atoms with Crippen molar-refractivity contribution in [3.63, 3.8) is 0 Å². The molecule has 1 aliphatic heterocycles. The largest absolute Gasteiger partial charge is 0.462 e. The van der Waals surface area contributed by atoms with Gasteiger partial charge in [0.25, 0.3) is 0 Å². The molecule has 0 fully saturated rings. The molecular weight excluding hydrogens is 384 g/mol. The predicted molar refractivity (Wildman–Crippen MR) is 112 cm³/mol. The van der Waals surface area contributed by atoms with Gasteiger partial charge in [0.05, 0.1) is 29.6 Å². The van der Waals surface area contributed by atoms with Crippen molar-refractivity contribution in [2.24, 2.45) is 0 Å². The van der Waals surface area contributed by atoms with Gasteiger partial charge in [-0.05, 0) is 42.8 Å². The van der Waals surface area contributed by atoms with Crippen molar-refractivity contribution in [1.82, 2.24) is 9.55 Å². The number of carbonyl (C=O) groups is 3. The van der Waals surface area contributed by atoms with Crippen molar-refractivity contribution in [1.29, 1.82) is 0 Å². The number of nitrogens with zero attached hydrogens (tertiary/aromatic N) is 2. The van der Waals surface area contributed by atoms with Crippen LogP contribution in [0.3, 0.4) is 0 Å². The predicted octanol–water partition coefficient (Wildman–Crippen LogP) is 3.52. The zero-order chi connectivity index (χ0) is 21.1. The van der Waals surface area contributed by atoms with Gasteiger partial charge < -0.3 is 10.1 Å². The second kappa shape index (κ2) is 8.36. The fraction of sp³-hybridized carbons (Fsp3) is 0.273. The molecule has 1 atom stereocenters. The molecule has 1 unspecified atom stereocenters. The molecule has 30 heavy (non-hydrogen) atoms. The summed E-state index contributed by atoms with van der Waals surface area (Å²) in [7, 11) is 0. The van der Waals surface area contributed by atoms with E-state index >= 15 is 0 Å². The molecular formula is C22H22N4O4. The molecule has 8 nitrogen and oxygen atoms in total. The highest BCUT2D eigenvalue weighted by Gasteiger charge is 2.34. The van der Waals surface area contributed by atoms with Crippen LogP contribution in [0.15, 0.2) is 48.5 Å². The zero-order valence-electron chi connectivity index (χ0n) is 16.6. The number of nitrogens with one attached hydrogen (secondary N) is 2. The molecule has 2 amide bonds. The molecule has 0 spiro atoms. The molecule has 154 valence electrons. The van der Waals surface area contributed by atoms with Gasteiger partial charge in [0.2, 0.25) is 17.8 Å². The molecule has 1 aliphatic rings. The molecule has 3 aromatic rings. The summed E-state index contributed by atoms with van der Waals surface area (Å²) in [5.74, 6) is -0.504. The first kappa shape index (κ1) is 19.6. The lowest BCUT2D eigenvalue weighted by Crippen LogP contribution is -2.23. The highest BCUT2D eigenvalue weighted by atomic mass is 16.5. The Hall–Kier alpha value is -3.68. The zero-order valence-corrected chi connectivity index (χ0v) is 16.6. The van der Waals surface area contributed by atoms with Gasteiger partial charge >= 0.3 is 5.97 Å². The Balaban J connectivity index is 1.41. The van der Waals surface area contributed by atoms with Gasteiger partial charge in [-0.3, -0.25) is 19.5 Å². The minimum atomic E-state index is -0.666. The second-order valence-corrected chi connectivity index (χ2v) is 7.12. The molecule has 2 aromatic carbocycles. The maximum atomic E-state index is 12.6. The van der Waals surface area contributed by atoms with Gasteiger partial charge in [-0.25, -0.2) is 9.78 Å². The highest BCUT2D eigenvalue weighted by molar-refractivity contribution is 6.03. The lowest BCUT2D eigenvalue weighted by atomic mass is 10.1. The molecule has 0 aliphatic carbocycles. The number of hydrogen-bond donors (Lipinski definition) is 2. The van der Waals surface area contributed by atoms with E-state index in [-0.39, 0.29) is 24.2 Å². The summed E-state index contributed by atoms with van der Waals surface area (Å²) in [6, 6.07) is 13.3. The van der Waals surface area contributed by atoms with Crippen LogP contribution < -0.4 is 10.6 Å². The average molecular weight is 406 g/mol. The van der Waals surface area contributed by atoms with Crippen LogP contribution >= 0.6 is 0 Å². The third-order valence-corrected chi connectivity index (χ3v) is 4.96. The number of rotatable bonds is 7. The van der Waals surface area contributed by atoms with Gasteiger partial charge in [0.1, 0.15) is 6.04 Å². The molecule has 8 heteroatoms. The number of ether oxygens (including phenoxy) is 1. The van der Waals surface area contributed by atoms with Gasteiger partial charge in [-0.15, -0.1) is 0 Å². The minimum absolute atomic E-state index is 0.0278. The SMILES string of the molecule is CCCCOC(=O)c1ccc(NC(=O)CC2C(=O)Nc3nc4ccccc4n32)cc1. The fourth-order valence-electron chi connectivity index (χ4n) is 3.41. The Morgan fingerprint density at radius 2 is 1.93 bits per heavy atom. The highest BCUT2D eigenvalue weighted by Crippen LogP contribution is 2.32. The number of fused-ring (bicyclic) bond motifs is 3. The first-order chi connectivity index (χ1) is 14.6. The number of carbonyl (C=O) groups excluding carboxylic acids is 3. The van der Waals surface area contributed by atoms with E-state index in [1.165, 1.54) is 0 Å². The number of imidazole rings is 1. The van der Waals surface area contributed by atoms with Crippen LogP contribution in [0.1, 0.15) is 42.6 Å². The Bertz CT molecular complexity index is 1100. The van der Waals surface area contributed by atoms with Crippen molar-refractivity contribution in [3.05, 3.63) is 54.1 Å². The molecule has 1 aromatic heterocycles. The van der Waals surface area contributed by atoms with E-state index in [4.69, 9.17) is 4.74 Å². The van der Waals surface area contributed by atoms with Crippen LogP contribution in [0.2, 0.25) is 0 Å². The monoisotopic (exact) mass is 406 g/mol. The summed E-state index contributed by atoms with van der Waals surface area (Å²) < 4.78 is 6.93.